The molecule has 0 radical (unpaired) electrons. The number of carbonyl (C=O) groups excluding carboxylic acids is 2. The van der Waals surface area contributed by atoms with Crippen LogP contribution in [0.15, 0.2) is 34.0 Å². The number of hydrogen-bond donors (Lipinski definition) is 11. The van der Waals surface area contributed by atoms with E-state index in [0.717, 1.165) is 23.8 Å². The molecule has 4 rings (SSSR count). The van der Waals surface area contributed by atoms with Crippen LogP contribution in [-0.2, 0) is 28.5 Å². The first kappa shape index (κ1) is 39.7. The van der Waals surface area contributed by atoms with Crippen LogP contribution in [0.2, 0.25) is 0 Å². The van der Waals surface area contributed by atoms with Crippen LogP contribution in [0.5, 0.6) is 0 Å². The highest BCUT2D eigenvalue weighted by Crippen LogP contribution is 2.34. The third kappa shape index (κ3) is 9.02. The maximum Gasteiger partial charge on any atom is 0.330 e. The molecule has 20 heteroatoms. The lowest BCUT2D eigenvalue weighted by Crippen LogP contribution is -2.68. The standard InChI is InChI=1S/C30H46N4O16/c1-11(2)5-4-6-16(38)32-19-23(43)20(40)14(47-29(19)50-28-18(31-12(3)36)22(42)21(41)15(10-35)48-28)9-13(37)26-24(44)25(45)27(49-26)34-8-7-17(39)33-30(34)46/h4,6-8,11,13-15,18-29,35,37,40-45H,5,9-10H2,1-3H3,(H,31,36)(H,32,38)(H,33,39,46)/b6-4+/t13?,14-,15-,18-,19-,20+,21-,22-,23-,24+,25-,26-,27+,28-,29+/m1/s1. The van der Waals surface area contributed by atoms with Gasteiger partial charge in [0.1, 0.15) is 60.9 Å². The molecule has 0 spiro atoms. The average Bonchev–Trinajstić information content (AvgIpc) is 3.34. The van der Waals surface area contributed by atoms with Crippen LogP contribution in [0.1, 0.15) is 39.8 Å². The number of hydrogen-bond acceptors (Lipinski definition) is 16. The van der Waals surface area contributed by atoms with Crippen molar-refractivity contribution >= 4 is 11.8 Å². The van der Waals surface area contributed by atoms with Crippen LogP contribution in [0, 0.1) is 5.92 Å². The number of ether oxygens (including phenoxy) is 4. The summed E-state index contributed by atoms with van der Waals surface area (Å²) < 4.78 is 23.8. The fourth-order valence-electron chi connectivity index (χ4n) is 6.01. The Morgan fingerprint density at radius 1 is 0.920 bits per heavy atom. The van der Waals surface area contributed by atoms with Crippen LogP contribution >= 0.6 is 0 Å². The van der Waals surface area contributed by atoms with Gasteiger partial charge in [-0.15, -0.1) is 0 Å². The Labute approximate surface area is 284 Å². The van der Waals surface area contributed by atoms with Gasteiger partial charge in [-0.25, -0.2) is 4.79 Å². The summed E-state index contributed by atoms with van der Waals surface area (Å²) in [6.45, 7) is 4.19. The zero-order valence-electron chi connectivity index (χ0n) is 27.5. The van der Waals surface area contributed by atoms with E-state index in [-0.39, 0.29) is 5.92 Å². The minimum absolute atomic E-state index is 0.222. The lowest BCUT2D eigenvalue weighted by molar-refractivity contribution is -0.346. The summed E-state index contributed by atoms with van der Waals surface area (Å²) in [4.78, 5) is 50.5. The van der Waals surface area contributed by atoms with Crippen molar-refractivity contribution in [1.82, 2.24) is 20.2 Å². The van der Waals surface area contributed by atoms with Gasteiger partial charge in [-0.2, -0.15) is 0 Å². The number of carbonyl (C=O) groups is 2. The summed E-state index contributed by atoms with van der Waals surface area (Å²) in [5, 5.41) is 90.4. The number of aliphatic hydroxyl groups excluding tert-OH is 8. The van der Waals surface area contributed by atoms with Gasteiger partial charge in [0.05, 0.1) is 18.8 Å². The molecule has 50 heavy (non-hydrogen) atoms. The molecule has 3 saturated heterocycles. The SMILES string of the molecule is CC(=O)N[C@H]1[C@@H](O[C@@H]2O[C@H](CC(O)[C@H]3O[C@H](n4ccc(=O)[nH]c4=O)[C@H](O)[C@@H]3O)[C@H](O)[C@H](O)[C@H]2NC(=O)/C=C/CC(C)C)O[C@H](CO)[C@@H](O)[C@@H]1O. The van der Waals surface area contributed by atoms with Crippen molar-refractivity contribution in [2.75, 3.05) is 6.61 Å². The van der Waals surface area contributed by atoms with E-state index in [1.54, 1.807) is 6.08 Å². The number of H-pyrrole nitrogens is 1. The molecule has 0 bridgehead atoms. The van der Waals surface area contributed by atoms with Crippen molar-refractivity contribution < 1.29 is 69.4 Å². The predicted octanol–water partition coefficient (Wildman–Crippen LogP) is -5.60. The van der Waals surface area contributed by atoms with Gasteiger partial charge in [0.15, 0.2) is 18.8 Å². The Balaban J connectivity index is 1.58. The molecule has 3 fully saturated rings. The Morgan fingerprint density at radius 3 is 2.10 bits per heavy atom. The lowest BCUT2D eigenvalue weighted by atomic mass is 9.91. The topological polar surface area (TPSA) is 312 Å². The third-order valence-electron chi connectivity index (χ3n) is 8.66. The maximum atomic E-state index is 12.8. The molecular weight excluding hydrogens is 672 g/mol. The average molecular weight is 719 g/mol. The summed E-state index contributed by atoms with van der Waals surface area (Å²) in [5.41, 5.74) is -1.69. The number of rotatable bonds is 12. The fraction of sp³-hybridized carbons (Fsp3) is 0.733. The van der Waals surface area contributed by atoms with Crippen LogP contribution in [0.25, 0.3) is 0 Å². The van der Waals surface area contributed by atoms with Crippen molar-refractivity contribution in [3.63, 3.8) is 0 Å². The second kappa shape index (κ2) is 16.9. The van der Waals surface area contributed by atoms with Gasteiger partial charge in [-0.1, -0.05) is 19.9 Å². The number of aliphatic hydroxyl groups is 8. The molecule has 282 valence electrons. The largest absolute Gasteiger partial charge is 0.394 e. The predicted molar refractivity (Wildman–Crippen MR) is 166 cm³/mol. The first-order valence-corrected chi connectivity index (χ1v) is 16.1. The van der Waals surface area contributed by atoms with Crippen molar-refractivity contribution in [3.8, 4) is 0 Å². The van der Waals surface area contributed by atoms with Crippen molar-refractivity contribution in [2.24, 2.45) is 5.92 Å². The molecule has 1 unspecified atom stereocenters. The molecule has 15 atom stereocenters. The van der Waals surface area contributed by atoms with Gasteiger partial charge in [0, 0.05) is 25.6 Å². The number of aromatic amines is 1. The highest BCUT2D eigenvalue weighted by molar-refractivity contribution is 5.87. The van der Waals surface area contributed by atoms with E-state index in [1.165, 1.54) is 6.08 Å². The Hall–Kier alpha value is -3.12. The molecule has 0 aliphatic carbocycles. The van der Waals surface area contributed by atoms with Crippen LogP contribution < -0.4 is 21.9 Å². The quantitative estimate of drug-likeness (QED) is 0.0898. The van der Waals surface area contributed by atoms with E-state index in [1.807, 2.05) is 18.8 Å². The highest BCUT2D eigenvalue weighted by Gasteiger charge is 2.53. The van der Waals surface area contributed by atoms with Gasteiger partial charge in [0.2, 0.25) is 11.8 Å². The monoisotopic (exact) mass is 718 g/mol. The number of amides is 2. The van der Waals surface area contributed by atoms with Gasteiger partial charge in [-0.3, -0.25) is 23.9 Å². The van der Waals surface area contributed by atoms with Gasteiger partial charge in [-0.05, 0) is 18.4 Å². The van der Waals surface area contributed by atoms with Crippen LogP contribution in [0.4, 0.5) is 0 Å². The van der Waals surface area contributed by atoms with E-state index in [4.69, 9.17) is 18.9 Å². The molecular formula is C30H46N4O16. The van der Waals surface area contributed by atoms with E-state index in [2.05, 4.69) is 10.6 Å². The van der Waals surface area contributed by atoms with Crippen molar-refractivity contribution in [3.05, 3.63) is 45.3 Å². The number of aromatic nitrogens is 2. The van der Waals surface area contributed by atoms with Gasteiger partial charge >= 0.3 is 5.69 Å². The second-order valence-corrected chi connectivity index (χ2v) is 13.0. The molecule has 1 aromatic rings. The van der Waals surface area contributed by atoms with E-state index in [9.17, 15) is 60.0 Å². The fourth-order valence-corrected chi connectivity index (χ4v) is 6.01. The summed E-state index contributed by atoms with van der Waals surface area (Å²) >= 11 is 0. The lowest BCUT2D eigenvalue weighted by Gasteiger charge is -2.47. The molecule has 3 aliphatic heterocycles. The Kier molecular flexibility index (Phi) is 13.4. The first-order chi connectivity index (χ1) is 23.5. The first-order valence-electron chi connectivity index (χ1n) is 16.1. The minimum atomic E-state index is -1.85. The highest BCUT2D eigenvalue weighted by atomic mass is 16.8. The van der Waals surface area contributed by atoms with E-state index < -0.39 is 128 Å². The zero-order valence-corrected chi connectivity index (χ0v) is 27.5. The summed E-state index contributed by atoms with van der Waals surface area (Å²) in [6.07, 6.45) is -18.1. The van der Waals surface area contributed by atoms with E-state index >= 15 is 0 Å². The molecule has 0 aromatic carbocycles. The smallest absolute Gasteiger partial charge is 0.330 e. The Morgan fingerprint density at radius 2 is 1.52 bits per heavy atom. The molecule has 3 aliphatic rings. The minimum Gasteiger partial charge on any atom is -0.394 e. The molecule has 1 aromatic heterocycles. The molecule has 0 saturated carbocycles. The van der Waals surface area contributed by atoms with Crippen LogP contribution in [-0.4, -0.2) is 155 Å². The number of allylic oxidation sites excluding steroid dienone is 1. The van der Waals surface area contributed by atoms with Crippen LogP contribution in [0.3, 0.4) is 0 Å². The normalized spacial score (nSPS) is 38.3. The molecule has 4 heterocycles. The second-order valence-electron chi connectivity index (χ2n) is 13.0. The number of nitrogens with one attached hydrogen (secondary N) is 3. The van der Waals surface area contributed by atoms with Gasteiger partial charge < -0.3 is 70.4 Å². The number of nitrogens with zero attached hydrogens (tertiary/aromatic N) is 1. The van der Waals surface area contributed by atoms with Crippen molar-refractivity contribution in [2.45, 2.75) is 126 Å². The summed E-state index contributed by atoms with van der Waals surface area (Å²) in [7, 11) is 0. The van der Waals surface area contributed by atoms with E-state index in [0.29, 0.717) is 6.42 Å². The molecule has 20 nitrogen and oxygen atoms in total. The Bertz CT molecular complexity index is 1450. The summed E-state index contributed by atoms with van der Waals surface area (Å²) in [6, 6.07) is -2.02. The zero-order chi connectivity index (χ0) is 37.0. The molecule has 2 amide bonds. The third-order valence-corrected chi connectivity index (χ3v) is 8.66. The molecule has 11 N–H and O–H groups in total. The summed E-state index contributed by atoms with van der Waals surface area (Å²) in [5.74, 6) is -1.16. The maximum absolute atomic E-state index is 12.8. The van der Waals surface area contributed by atoms with Crippen molar-refractivity contribution in [1.29, 1.82) is 0 Å². The van der Waals surface area contributed by atoms with Gasteiger partial charge in [0.25, 0.3) is 5.56 Å².